The Hall–Kier alpha value is -1.49. The number of nitrogens with zero attached hydrogens (tertiary/aromatic N) is 1. The van der Waals surface area contributed by atoms with Gasteiger partial charge in [-0.2, -0.15) is 0 Å². The number of amides is 2. The van der Waals surface area contributed by atoms with Crippen molar-refractivity contribution in [2.24, 2.45) is 0 Å². The summed E-state index contributed by atoms with van der Waals surface area (Å²) in [7, 11) is 0. The Balaban J connectivity index is 2.28. The standard InChI is InChI=1S/C12H13NO3S/c1-7(2)13-11(14)10(17-12(13)15)6-9-5-4-8(3)16-9/h4-7H,1-3H3. The van der Waals surface area contributed by atoms with Crippen LogP contribution < -0.4 is 0 Å². The number of rotatable bonds is 2. The van der Waals surface area contributed by atoms with Gasteiger partial charge in [0.25, 0.3) is 11.1 Å². The summed E-state index contributed by atoms with van der Waals surface area (Å²) in [6.07, 6.45) is 1.61. The van der Waals surface area contributed by atoms with E-state index >= 15 is 0 Å². The van der Waals surface area contributed by atoms with Gasteiger partial charge in [-0.05, 0) is 44.7 Å². The number of thioether (sulfide) groups is 1. The molecule has 1 aliphatic heterocycles. The first-order valence-corrected chi connectivity index (χ1v) is 6.14. The van der Waals surface area contributed by atoms with Gasteiger partial charge in [-0.15, -0.1) is 0 Å². The van der Waals surface area contributed by atoms with Crippen LogP contribution in [-0.4, -0.2) is 22.1 Å². The molecule has 0 saturated carbocycles. The second-order valence-corrected chi connectivity index (χ2v) is 5.09. The Labute approximate surface area is 104 Å². The minimum absolute atomic E-state index is 0.119. The summed E-state index contributed by atoms with van der Waals surface area (Å²) in [5, 5.41) is -0.223. The zero-order valence-corrected chi connectivity index (χ0v) is 10.7. The molecule has 1 aromatic heterocycles. The van der Waals surface area contributed by atoms with E-state index < -0.39 is 0 Å². The first kappa shape index (κ1) is 12.0. The largest absolute Gasteiger partial charge is 0.462 e. The molecule has 0 atom stereocenters. The summed E-state index contributed by atoms with van der Waals surface area (Å²) >= 11 is 0.953. The van der Waals surface area contributed by atoms with Gasteiger partial charge in [0.15, 0.2) is 0 Å². The van der Waals surface area contributed by atoms with Crippen LogP contribution in [0.2, 0.25) is 0 Å². The average Bonchev–Trinajstić information content (AvgIpc) is 2.73. The molecule has 90 valence electrons. The lowest BCUT2D eigenvalue weighted by Gasteiger charge is -2.16. The van der Waals surface area contributed by atoms with Crippen LogP contribution in [0.15, 0.2) is 21.5 Å². The first-order chi connectivity index (χ1) is 7.99. The molecule has 2 amide bonds. The number of hydrogen-bond donors (Lipinski definition) is 0. The van der Waals surface area contributed by atoms with E-state index in [0.29, 0.717) is 10.7 Å². The van der Waals surface area contributed by atoms with Gasteiger partial charge in [-0.3, -0.25) is 14.5 Å². The van der Waals surface area contributed by atoms with Crippen molar-refractivity contribution in [3.05, 3.63) is 28.6 Å². The summed E-state index contributed by atoms with van der Waals surface area (Å²) in [6.45, 7) is 5.46. The van der Waals surface area contributed by atoms with Crippen molar-refractivity contribution in [2.45, 2.75) is 26.8 Å². The Bertz CT molecular complexity index is 502. The van der Waals surface area contributed by atoms with E-state index in [1.807, 2.05) is 26.8 Å². The summed E-state index contributed by atoms with van der Waals surface area (Å²) in [6, 6.07) is 3.48. The zero-order chi connectivity index (χ0) is 12.6. The maximum atomic E-state index is 11.9. The van der Waals surface area contributed by atoms with E-state index in [0.717, 1.165) is 17.5 Å². The minimum Gasteiger partial charge on any atom is -0.462 e. The highest BCUT2D eigenvalue weighted by atomic mass is 32.2. The van der Waals surface area contributed by atoms with Gasteiger partial charge in [0, 0.05) is 12.1 Å². The van der Waals surface area contributed by atoms with Gasteiger partial charge in [0.2, 0.25) is 0 Å². The number of furan rings is 1. The molecule has 0 aliphatic carbocycles. The van der Waals surface area contributed by atoms with Gasteiger partial charge in [-0.25, -0.2) is 0 Å². The fourth-order valence-corrected chi connectivity index (χ4v) is 2.53. The van der Waals surface area contributed by atoms with Crippen LogP contribution in [0.4, 0.5) is 4.79 Å². The monoisotopic (exact) mass is 251 g/mol. The highest BCUT2D eigenvalue weighted by Gasteiger charge is 2.36. The van der Waals surface area contributed by atoms with Crippen molar-refractivity contribution in [2.75, 3.05) is 0 Å². The van der Waals surface area contributed by atoms with E-state index in [4.69, 9.17) is 4.42 Å². The van der Waals surface area contributed by atoms with Crippen LogP contribution in [0.1, 0.15) is 25.4 Å². The third kappa shape index (κ3) is 2.29. The molecule has 1 aliphatic rings. The van der Waals surface area contributed by atoms with Crippen LogP contribution in [0, 0.1) is 6.92 Å². The van der Waals surface area contributed by atoms with E-state index in [1.54, 1.807) is 12.1 Å². The SMILES string of the molecule is Cc1ccc(C=C2SC(=O)N(C(C)C)C2=O)o1. The van der Waals surface area contributed by atoms with Gasteiger partial charge >= 0.3 is 0 Å². The van der Waals surface area contributed by atoms with Crippen LogP contribution in [-0.2, 0) is 4.79 Å². The molecule has 0 spiro atoms. The molecule has 0 radical (unpaired) electrons. The van der Waals surface area contributed by atoms with Crippen molar-refractivity contribution < 1.29 is 14.0 Å². The molecule has 2 rings (SSSR count). The third-order valence-corrected chi connectivity index (χ3v) is 3.26. The van der Waals surface area contributed by atoms with Crippen molar-refractivity contribution in [3.63, 3.8) is 0 Å². The van der Waals surface area contributed by atoms with E-state index in [-0.39, 0.29) is 17.2 Å². The summed E-state index contributed by atoms with van der Waals surface area (Å²) in [4.78, 5) is 25.2. The molecule has 1 saturated heterocycles. The highest BCUT2D eigenvalue weighted by molar-refractivity contribution is 8.18. The van der Waals surface area contributed by atoms with Crippen LogP contribution >= 0.6 is 11.8 Å². The number of hydrogen-bond acceptors (Lipinski definition) is 4. The maximum absolute atomic E-state index is 11.9. The molecule has 5 heteroatoms. The molecule has 1 aromatic rings. The topological polar surface area (TPSA) is 50.5 Å². The number of aryl methyl sites for hydroxylation is 1. The smallest absolute Gasteiger partial charge is 0.293 e. The van der Waals surface area contributed by atoms with Crippen molar-refractivity contribution in [3.8, 4) is 0 Å². The molecule has 17 heavy (non-hydrogen) atoms. The van der Waals surface area contributed by atoms with E-state index in [2.05, 4.69) is 0 Å². The second kappa shape index (κ2) is 4.41. The summed E-state index contributed by atoms with van der Waals surface area (Å²) in [5.74, 6) is 1.13. The summed E-state index contributed by atoms with van der Waals surface area (Å²) < 4.78 is 5.35. The Morgan fingerprint density at radius 1 is 1.35 bits per heavy atom. The van der Waals surface area contributed by atoms with Gasteiger partial charge < -0.3 is 4.42 Å². The third-order valence-electron chi connectivity index (χ3n) is 2.37. The quantitative estimate of drug-likeness (QED) is 0.758. The van der Waals surface area contributed by atoms with Crippen molar-refractivity contribution in [1.29, 1.82) is 0 Å². The lowest BCUT2D eigenvalue weighted by molar-refractivity contribution is -0.123. The lowest BCUT2D eigenvalue weighted by Crippen LogP contribution is -2.34. The van der Waals surface area contributed by atoms with Gasteiger partial charge in [-0.1, -0.05) is 0 Å². The normalized spacial score (nSPS) is 18.8. The Morgan fingerprint density at radius 3 is 2.53 bits per heavy atom. The molecule has 0 unspecified atom stereocenters. The van der Waals surface area contributed by atoms with Crippen molar-refractivity contribution >= 4 is 29.0 Å². The Morgan fingerprint density at radius 2 is 2.06 bits per heavy atom. The van der Waals surface area contributed by atoms with Gasteiger partial charge in [0.05, 0.1) is 4.91 Å². The minimum atomic E-state index is -0.246. The molecule has 0 N–H and O–H groups in total. The zero-order valence-electron chi connectivity index (χ0n) is 9.89. The van der Waals surface area contributed by atoms with Crippen LogP contribution in [0.25, 0.3) is 6.08 Å². The number of carbonyl (C=O) groups excluding carboxylic acids is 2. The number of imide groups is 1. The predicted octanol–water partition coefficient (Wildman–Crippen LogP) is 3.03. The van der Waals surface area contributed by atoms with Crippen molar-refractivity contribution in [1.82, 2.24) is 4.90 Å². The van der Waals surface area contributed by atoms with E-state index in [9.17, 15) is 9.59 Å². The Kier molecular flexibility index (Phi) is 3.11. The fraction of sp³-hybridized carbons (Fsp3) is 0.333. The van der Waals surface area contributed by atoms with Gasteiger partial charge in [0.1, 0.15) is 11.5 Å². The molecular weight excluding hydrogens is 238 g/mol. The lowest BCUT2D eigenvalue weighted by atomic mass is 10.3. The molecule has 0 bridgehead atoms. The van der Waals surface area contributed by atoms with Crippen LogP contribution in [0.5, 0.6) is 0 Å². The first-order valence-electron chi connectivity index (χ1n) is 5.32. The predicted molar refractivity (Wildman–Crippen MR) is 66.4 cm³/mol. The fourth-order valence-electron chi connectivity index (χ4n) is 1.59. The van der Waals surface area contributed by atoms with Crippen LogP contribution in [0.3, 0.4) is 0 Å². The molecule has 1 fully saturated rings. The van der Waals surface area contributed by atoms with E-state index in [1.165, 1.54) is 4.90 Å². The second-order valence-electron chi connectivity index (χ2n) is 4.09. The maximum Gasteiger partial charge on any atom is 0.293 e. The summed E-state index contributed by atoms with van der Waals surface area (Å²) in [5.41, 5.74) is 0. The molecule has 2 heterocycles. The molecule has 4 nitrogen and oxygen atoms in total. The molecule has 0 aromatic carbocycles. The number of carbonyl (C=O) groups is 2. The average molecular weight is 251 g/mol. The molecular formula is C12H13NO3S. The highest BCUT2D eigenvalue weighted by Crippen LogP contribution is 2.33.